The van der Waals surface area contributed by atoms with Gasteiger partial charge in [-0.1, -0.05) is 6.07 Å². The highest BCUT2D eigenvalue weighted by Crippen LogP contribution is 2.44. The molecule has 240 valence electrons. The summed E-state index contributed by atoms with van der Waals surface area (Å²) in [5.41, 5.74) is 2.57. The standard InChI is InChI=1S/C33H26F3N5O5S/c1-33(35,36)28-11-8-17(15-38-28)31-29(32(42)37-2)20-12-19(24(14-27(20)46-31)40(3)47(4,43)44)22-9-10-26-30(39-22)25-13-18-21(34)6-5-7-23(18)41(25)16-45-26/h5-15H,16H2,1-4H3,(H,37,42). The van der Waals surface area contributed by atoms with Crippen LogP contribution in [-0.2, 0) is 22.7 Å². The lowest BCUT2D eigenvalue weighted by Crippen LogP contribution is -2.25. The molecule has 47 heavy (non-hydrogen) atoms. The molecule has 0 unspecified atom stereocenters. The molecule has 1 amide bonds. The second kappa shape index (κ2) is 10.6. The van der Waals surface area contributed by atoms with E-state index in [1.165, 1.54) is 38.5 Å². The number of alkyl halides is 2. The number of rotatable bonds is 6. The quantitative estimate of drug-likeness (QED) is 0.216. The first-order valence-electron chi connectivity index (χ1n) is 14.3. The Morgan fingerprint density at radius 3 is 2.55 bits per heavy atom. The number of furan rings is 1. The molecule has 0 saturated carbocycles. The van der Waals surface area contributed by atoms with Gasteiger partial charge in [0.15, 0.2) is 6.73 Å². The second-order valence-corrected chi connectivity index (χ2v) is 13.3. The Balaban J connectivity index is 1.47. The Labute approximate surface area is 266 Å². The number of sulfonamides is 1. The number of benzene rings is 2. The second-order valence-electron chi connectivity index (χ2n) is 11.2. The predicted molar refractivity (Wildman–Crippen MR) is 170 cm³/mol. The van der Waals surface area contributed by atoms with E-state index >= 15 is 0 Å². The minimum Gasteiger partial charge on any atom is -0.470 e. The molecule has 7 rings (SSSR count). The van der Waals surface area contributed by atoms with Gasteiger partial charge in [0.2, 0.25) is 10.0 Å². The molecule has 10 nitrogen and oxygen atoms in total. The Hall–Kier alpha value is -5.37. The number of hydrogen-bond donors (Lipinski definition) is 1. The first-order valence-corrected chi connectivity index (χ1v) is 16.1. The van der Waals surface area contributed by atoms with E-state index in [2.05, 4.69) is 10.3 Å². The fourth-order valence-electron chi connectivity index (χ4n) is 5.73. The van der Waals surface area contributed by atoms with E-state index in [1.807, 2.05) is 0 Å². The molecule has 0 fully saturated rings. The molecule has 0 saturated heterocycles. The van der Waals surface area contributed by atoms with Crippen molar-refractivity contribution in [3.05, 3.63) is 83.9 Å². The van der Waals surface area contributed by atoms with Crippen molar-refractivity contribution in [1.82, 2.24) is 19.9 Å². The normalized spacial score (nSPS) is 12.9. The molecule has 0 bridgehead atoms. The molecule has 1 aliphatic rings. The average Bonchev–Trinajstić information content (AvgIpc) is 3.62. The van der Waals surface area contributed by atoms with Gasteiger partial charge in [-0.2, -0.15) is 8.78 Å². The lowest BCUT2D eigenvalue weighted by Gasteiger charge is -2.23. The number of nitrogens with one attached hydrogen (secondary N) is 1. The van der Waals surface area contributed by atoms with Crippen LogP contribution in [0, 0.1) is 5.82 Å². The summed E-state index contributed by atoms with van der Waals surface area (Å²) in [4.78, 5) is 22.0. The molecule has 5 heterocycles. The minimum absolute atomic E-state index is 0.0567. The summed E-state index contributed by atoms with van der Waals surface area (Å²) in [7, 11) is -0.997. The van der Waals surface area contributed by atoms with E-state index in [1.54, 1.807) is 41.0 Å². The van der Waals surface area contributed by atoms with Crippen molar-refractivity contribution >= 4 is 43.5 Å². The molecule has 0 aliphatic carbocycles. The van der Waals surface area contributed by atoms with Gasteiger partial charge in [0.05, 0.1) is 34.4 Å². The average molecular weight is 662 g/mol. The number of anilines is 1. The molecule has 1 N–H and O–H groups in total. The highest BCUT2D eigenvalue weighted by Gasteiger charge is 2.30. The zero-order chi connectivity index (χ0) is 33.4. The van der Waals surface area contributed by atoms with E-state index in [0.29, 0.717) is 44.7 Å². The fraction of sp³-hybridized carbons (Fsp3) is 0.182. The number of pyridine rings is 2. The topological polar surface area (TPSA) is 120 Å². The van der Waals surface area contributed by atoms with Gasteiger partial charge >= 0.3 is 0 Å². The number of halogens is 3. The Kier molecular flexibility index (Phi) is 6.82. The summed E-state index contributed by atoms with van der Waals surface area (Å²) in [6.07, 6.45) is 2.23. The summed E-state index contributed by atoms with van der Waals surface area (Å²) in [5, 5.41) is 3.30. The van der Waals surface area contributed by atoms with Crippen LogP contribution in [0.15, 0.2) is 71.3 Å². The van der Waals surface area contributed by atoms with Crippen molar-refractivity contribution in [3.8, 4) is 39.7 Å². The Morgan fingerprint density at radius 2 is 1.87 bits per heavy atom. The summed E-state index contributed by atoms with van der Waals surface area (Å²) >= 11 is 0. The van der Waals surface area contributed by atoms with Crippen molar-refractivity contribution in [2.75, 3.05) is 24.7 Å². The van der Waals surface area contributed by atoms with Crippen LogP contribution in [0.25, 0.3) is 55.8 Å². The van der Waals surface area contributed by atoms with Gasteiger partial charge in [-0.25, -0.2) is 17.8 Å². The number of aromatic nitrogens is 3. The van der Waals surface area contributed by atoms with E-state index in [-0.39, 0.29) is 34.9 Å². The molecule has 4 aromatic heterocycles. The summed E-state index contributed by atoms with van der Waals surface area (Å²) in [6.45, 7) is 0.871. The largest absolute Gasteiger partial charge is 0.470 e. The zero-order valence-electron chi connectivity index (χ0n) is 25.4. The molecule has 0 radical (unpaired) electrons. The molecule has 0 atom stereocenters. The first kappa shape index (κ1) is 30.3. The van der Waals surface area contributed by atoms with Crippen LogP contribution in [0.4, 0.5) is 18.9 Å². The number of amides is 1. The number of carbonyl (C=O) groups is 1. The zero-order valence-corrected chi connectivity index (χ0v) is 26.2. The maximum Gasteiger partial charge on any atom is 0.286 e. The lowest BCUT2D eigenvalue weighted by atomic mass is 10.0. The van der Waals surface area contributed by atoms with Crippen molar-refractivity contribution < 1.29 is 35.5 Å². The van der Waals surface area contributed by atoms with Crippen LogP contribution >= 0.6 is 0 Å². The summed E-state index contributed by atoms with van der Waals surface area (Å²) < 4.78 is 83.0. The Bertz CT molecular complexity index is 2360. The van der Waals surface area contributed by atoms with Gasteiger partial charge in [-0.3, -0.25) is 14.1 Å². The van der Waals surface area contributed by atoms with E-state index in [0.717, 1.165) is 23.6 Å². The highest BCUT2D eigenvalue weighted by atomic mass is 32.2. The minimum atomic E-state index is -3.81. The van der Waals surface area contributed by atoms with E-state index in [9.17, 15) is 26.4 Å². The molecular formula is C33H26F3N5O5S. The monoisotopic (exact) mass is 661 g/mol. The SMILES string of the molecule is CNC(=O)c1c(-c2ccc(C(C)(F)F)nc2)oc2cc(N(C)S(C)(=O)=O)c(-c3ccc4c(n3)-c3cc5c(F)cccc5n3CO4)cc12. The third-order valence-corrected chi connectivity index (χ3v) is 9.38. The highest BCUT2D eigenvalue weighted by molar-refractivity contribution is 7.92. The first-order chi connectivity index (χ1) is 22.3. The van der Waals surface area contributed by atoms with Crippen LogP contribution < -0.4 is 14.4 Å². The van der Waals surface area contributed by atoms with E-state index < -0.39 is 33.4 Å². The molecule has 1 aliphatic heterocycles. The lowest BCUT2D eigenvalue weighted by molar-refractivity contribution is 0.0128. The maximum absolute atomic E-state index is 14.7. The van der Waals surface area contributed by atoms with Crippen molar-refractivity contribution in [2.24, 2.45) is 0 Å². The number of hydrogen-bond acceptors (Lipinski definition) is 7. The van der Waals surface area contributed by atoms with Crippen LogP contribution in [0.5, 0.6) is 5.75 Å². The van der Waals surface area contributed by atoms with Gasteiger partial charge in [0, 0.05) is 55.2 Å². The number of ether oxygens (including phenoxy) is 1. The van der Waals surface area contributed by atoms with Crippen molar-refractivity contribution in [3.63, 3.8) is 0 Å². The maximum atomic E-state index is 14.7. The van der Waals surface area contributed by atoms with Gasteiger partial charge < -0.3 is 19.0 Å². The molecular weight excluding hydrogens is 635 g/mol. The third kappa shape index (κ3) is 4.95. The molecule has 6 aromatic rings. The van der Waals surface area contributed by atoms with Gasteiger partial charge in [-0.15, -0.1) is 0 Å². The number of fused-ring (bicyclic) bond motifs is 6. The number of nitrogens with zero attached hydrogens (tertiary/aromatic N) is 4. The molecule has 0 spiro atoms. The van der Waals surface area contributed by atoms with Gasteiger partial charge in [-0.05, 0) is 48.5 Å². The predicted octanol–water partition coefficient (Wildman–Crippen LogP) is 6.53. The van der Waals surface area contributed by atoms with Crippen LogP contribution in [0.3, 0.4) is 0 Å². The third-order valence-electron chi connectivity index (χ3n) is 8.19. The van der Waals surface area contributed by atoms with Crippen LogP contribution in [-0.4, -0.2) is 49.2 Å². The van der Waals surface area contributed by atoms with Crippen molar-refractivity contribution in [2.45, 2.75) is 19.6 Å². The summed E-state index contributed by atoms with van der Waals surface area (Å²) in [6, 6.07) is 15.4. The fourth-order valence-corrected chi connectivity index (χ4v) is 6.24. The van der Waals surface area contributed by atoms with E-state index in [4.69, 9.17) is 14.1 Å². The molecule has 2 aromatic carbocycles. The Morgan fingerprint density at radius 1 is 1.09 bits per heavy atom. The van der Waals surface area contributed by atoms with Gasteiger partial charge in [0.1, 0.15) is 34.3 Å². The smallest absolute Gasteiger partial charge is 0.286 e. The van der Waals surface area contributed by atoms with Gasteiger partial charge in [0.25, 0.3) is 11.8 Å². The van der Waals surface area contributed by atoms with Crippen LogP contribution in [0.1, 0.15) is 23.0 Å². The van der Waals surface area contributed by atoms with Crippen molar-refractivity contribution in [1.29, 1.82) is 0 Å². The molecule has 14 heteroatoms. The number of carbonyl (C=O) groups excluding carboxylic acids is 1. The van der Waals surface area contributed by atoms with Crippen LogP contribution in [0.2, 0.25) is 0 Å². The summed E-state index contributed by atoms with van der Waals surface area (Å²) in [5.74, 6) is -3.59.